The molecule has 3 nitrogen and oxygen atoms in total. The van der Waals surface area contributed by atoms with E-state index >= 15 is 0 Å². The topological polar surface area (TPSA) is 32.3 Å². The lowest BCUT2D eigenvalue weighted by molar-refractivity contribution is 0.191. The van der Waals surface area contributed by atoms with Crippen molar-refractivity contribution in [3.63, 3.8) is 0 Å². The summed E-state index contributed by atoms with van der Waals surface area (Å²) in [7, 11) is 0. The van der Waals surface area contributed by atoms with Crippen molar-refractivity contribution in [3.8, 4) is 0 Å². The van der Waals surface area contributed by atoms with E-state index in [1.54, 1.807) is 23.5 Å². The van der Waals surface area contributed by atoms with Crippen molar-refractivity contribution < 1.29 is 9.18 Å². The first kappa shape index (κ1) is 17.0. The summed E-state index contributed by atoms with van der Waals surface area (Å²) in [4.78, 5) is 15.8. The molecule has 1 aliphatic rings. The van der Waals surface area contributed by atoms with E-state index in [0.29, 0.717) is 6.54 Å². The van der Waals surface area contributed by atoms with Gasteiger partial charge in [0.05, 0.1) is 6.04 Å². The maximum atomic E-state index is 13.1. The minimum Gasteiger partial charge on any atom is -0.337 e. The van der Waals surface area contributed by atoms with Crippen LogP contribution in [0.15, 0.2) is 41.8 Å². The summed E-state index contributed by atoms with van der Waals surface area (Å²) in [6.07, 6.45) is 2.06. The van der Waals surface area contributed by atoms with Crippen LogP contribution in [0, 0.1) is 5.82 Å². The normalized spacial score (nSPS) is 18.0. The number of carbonyl (C=O) groups excluding carboxylic acids is 1. The Kier molecular flexibility index (Phi) is 4.90. The van der Waals surface area contributed by atoms with Crippen LogP contribution in [0.4, 0.5) is 9.18 Å². The van der Waals surface area contributed by atoms with Crippen molar-refractivity contribution in [2.24, 2.45) is 0 Å². The fraction of sp³-hybridized carbons (Fsp3) is 0.421. The molecule has 1 unspecified atom stereocenters. The van der Waals surface area contributed by atoms with Crippen LogP contribution < -0.4 is 5.32 Å². The minimum atomic E-state index is -0.248. The highest BCUT2D eigenvalue weighted by molar-refractivity contribution is 7.10. The highest BCUT2D eigenvalue weighted by atomic mass is 32.1. The van der Waals surface area contributed by atoms with Gasteiger partial charge in [0.2, 0.25) is 0 Å². The third-order valence-electron chi connectivity index (χ3n) is 4.69. The summed E-state index contributed by atoms with van der Waals surface area (Å²) >= 11 is 1.71. The Labute approximate surface area is 146 Å². The lowest BCUT2D eigenvalue weighted by atomic mass is 9.84. The fourth-order valence-corrected chi connectivity index (χ4v) is 4.06. The molecule has 0 saturated carbocycles. The smallest absolute Gasteiger partial charge is 0.317 e. The van der Waals surface area contributed by atoms with Crippen molar-refractivity contribution in [3.05, 3.63) is 58.0 Å². The summed E-state index contributed by atoms with van der Waals surface area (Å²) in [6, 6.07) is 10.8. The number of hydrogen-bond acceptors (Lipinski definition) is 2. The molecule has 1 aromatic heterocycles. The second-order valence-electron chi connectivity index (χ2n) is 6.92. The Morgan fingerprint density at radius 2 is 2.08 bits per heavy atom. The van der Waals surface area contributed by atoms with Gasteiger partial charge >= 0.3 is 6.03 Å². The van der Waals surface area contributed by atoms with Crippen LogP contribution in [0.5, 0.6) is 0 Å². The van der Waals surface area contributed by atoms with E-state index in [0.717, 1.165) is 24.9 Å². The molecule has 1 atom stereocenters. The molecule has 1 fully saturated rings. The van der Waals surface area contributed by atoms with Gasteiger partial charge in [-0.15, -0.1) is 11.3 Å². The van der Waals surface area contributed by atoms with E-state index < -0.39 is 0 Å². The molecular formula is C19H23FN2OS. The van der Waals surface area contributed by atoms with Gasteiger partial charge in [-0.3, -0.25) is 0 Å². The molecule has 3 rings (SSSR count). The number of urea groups is 1. The molecule has 24 heavy (non-hydrogen) atoms. The van der Waals surface area contributed by atoms with E-state index in [9.17, 15) is 9.18 Å². The summed E-state index contributed by atoms with van der Waals surface area (Å²) in [6.45, 7) is 5.43. The second kappa shape index (κ2) is 6.93. The SMILES string of the molecule is CC(C)(CNC(=O)N1CCCC1c1cccs1)c1ccc(F)cc1. The summed E-state index contributed by atoms with van der Waals surface area (Å²) in [5.41, 5.74) is 0.766. The van der Waals surface area contributed by atoms with E-state index in [1.807, 2.05) is 11.0 Å². The first-order valence-electron chi connectivity index (χ1n) is 8.31. The first-order chi connectivity index (χ1) is 11.5. The molecule has 1 saturated heterocycles. The maximum Gasteiger partial charge on any atom is 0.317 e. The predicted octanol–water partition coefficient (Wildman–Crippen LogP) is 4.71. The minimum absolute atomic E-state index is 0.0129. The summed E-state index contributed by atoms with van der Waals surface area (Å²) < 4.78 is 13.1. The summed E-state index contributed by atoms with van der Waals surface area (Å²) in [5, 5.41) is 5.12. The quantitative estimate of drug-likeness (QED) is 0.854. The molecule has 1 N–H and O–H groups in total. The van der Waals surface area contributed by atoms with Gasteiger partial charge in [-0.05, 0) is 42.0 Å². The predicted molar refractivity (Wildman–Crippen MR) is 95.8 cm³/mol. The highest BCUT2D eigenvalue weighted by Gasteiger charge is 2.31. The zero-order chi connectivity index (χ0) is 17.2. The van der Waals surface area contributed by atoms with Gasteiger partial charge in [-0.1, -0.05) is 32.0 Å². The maximum absolute atomic E-state index is 13.1. The first-order valence-corrected chi connectivity index (χ1v) is 9.19. The largest absolute Gasteiger partial charge is 0.337 e. The van der Waals surface area contributed by atoms with E-state index in [2.05, 4.69) is 30.6 Å². The van der Waals surface area contributed by atoms with Crippen LogP contribution in [-0.2, 0) is 5.41 Å². The van der Waals surface area contributed by atoms with Crippen molar-refractivity contribution in [1.29, 1.82) is 0 Å². The van der Waals surface area contributed by atoms with Crippen LogP contribution in [-0.4, -0.2) is 24.0 Å². The number of nitrogens with one attached hydrogen (secondary N) is 1. The van der Waals surface area contributed by atoms with Gasteiger partial charge in [0.25, 0.3) is 0 Å². The van der Waals surface area contributed by atoms with E-state index in [1.165, 1.54) is 17.0 Å². The number of amides is 2. The van der Waals surface area contributed by atoms with Crippen molar-refractivity contribution in [2.45, 2.75) is 38.1 Å². The van der Waals surface area contributed by atoms with Crippen LogP contribution in [0.2, 0.25) is 0 Å². The van der Waals surface area contributed by atoms with Crippen LogP contribution in [0.3, 0.4) is 0 Å². The molecule has 0 radical (unpaired) electrons. The van der Waals surface area contributed by atoms with Crippen LogP contribution in [0.1, 0.15) is 43.2 Å². The number of carbonyl (C=O) groups is 1. The number of benzene rings is 1. The number of likely N-dealkylation sites (tertiary alicyclic amines) is 1. The molecule has 5 heteroatoms. The number of nitrogens with zero attached hydrogens (tertiary/aromatic N) is 1. The number of hydrogen-bond donors (Lipinski definition) is 1. The lowest BCUT2D eigenvalue weighted by Crippen LogP contribution is -2.44. The molecule has 2 aromatic rings. The molecule has 2 amide bonds. The molecular weight excluding hydrogens is 323 g/mol. The van der Waals surface area contributed by atoms with Gasteiger partial charge in [-0.25, -0.2) is 9.18 Å². The molecule has 0 bridgehead atoms. The third-order valence-corrected chi connectivity index (χ3v) is 5.67. The molecule has 1 aromatic carbocycles. The van der Waals surface area contributed by atoms with Gasteiger partial charge in [0.15, 0.2) is 0 Å². The average Bonchev–Trinajstić information content (AvgIpc) is 3.23. The Bertz CT molecular complexity index is 682. The Balaban J connectivity index is 1.63. The molecule has 0 aliphatic carbocycles. The average molecular weight is 346 g/mol. The van der Waals surface area contributed by atoms with Crippen molar-refractivity contribution in [2.75, 3.05) is 13.1 Å². The Morgan fingerprint density at radius 1 is 1.33 bits per heavy atom. The third kappa shape index (κ3) is 3.61. The number of rotatable bonds is 4. The fourth-order valence-electron chi connectivity index (χ4n) is 3.19. The van der Waals surface area contributed by atoms with Crippen molar-refractivity contribution in [1.82, 2.24) is 10.2 Å². The molecule has 1 aliphatic heterocycles. The second-order valence-corrected chi connectivity index (χ2v) is 7.90. The standard InChI is InChI=1S/C19H23FN2OS/c1-19(2,14-7-9-15(20)10-8-14)13-21-18(23)22-11-3-5-16(22)17-6-4-12-24-17/h4,6-10,12,16H,3,5,11,13H2,1-2H3,(H,21,23). The van der Waals surface area contributed by atoms with Gasteiger partial charge in [0, 0.05) is 23.4 Å². The van der Waals surface area contributed by atoms with E-state index in [4.69, 9.17) is 0 Å². The molecule has 128 valence electrons. The Morgan fingerprint density at radius 3 is 2.75 bits per heavy atom. The summed E-state index contributed by atoms with van der Waals surface area (Å²) in [5.74, 6) is -0.241. The van der Waals surface area contributed by atoms with Gasteiger partial charge in [-0.2, -0.15) is 0 Å². The molecule has 0 spiro atoms. The van der Waals surface area contributed by atoms with Crippen molar-refractivity contribution >= 4 is 17.4 Å². The monoisotopic (exact) mass is 346 g/mol. The van der Waals surface area contributed by atoms with Gasteiger partial charge < -0.3 is 10.2 Å². The van der Waals surface area contributed by atoms with E-state index in [-0.39, 0.29) is 23.3 Å². The van der Waals surface area contributed by atoms with Crippen LogP contribution >= 0.6 is 11.3 Å². The van der Waals surface area contributed by atoms with Gasteiger partial charge in [0.1, 0.15) is 5.82 Å². The molecule has 2 heterocycles. The number of halogens is 1. The van der Waals surface area contributed by atoms with Crippen LogP contribution in [0.25, 0.3) is 0 Å². The number of thiophene rings is 1. The zero-order valence-corrected chi connectivity index (χ0v) is 14.9. The zero-order valence-electron chi connectivity index (χ0n) is 14.1. The lowest BCUT2D eigenvalue weighted by Gasteiger charge is -2.29. The Hall–Kier alpha value is -1.88. The highest BCUT2D eigenvalue weighted by Crippen LogP contribution is 2.34.